The van der Waals surface area contributed by atoms with E-state index in [-0.39, 0.29) is 17.5 Å². The molecule has 1 atom stereocenters. The minimum Gasteiger partial charge on any atom is -0.377 e. The molecule has 0 aliphatic carbocycles. The molecule has 1 saturated heterocycles. The van der Waals surface area contributed by atoms with Gasteiger partial charge in [0.05, 0.1) is 19.3 Å². The second kappa shape index (κ2) is 6.32. The Morgan fingerprint density at radius 1 is 1.41 bits per heavy atom. The summed E-state index contributed by atoms with van der Waals surface area (Å²) in [7, 11) is 0. The van der Waals surface area contributed by atoms with E-state index in [0.717, 1.165) is 10.9 Å². The number of aromatic amines is 1. The van der Waals surface area contributed by atoms with Crippen LogP contribution in [0.15, 0.2) is 35.1 Å². The average molecular weight is 300 g/mol. The van der Waals surface area contributed by atoms with Crippen molar-refractivity contribution in [3.05, 3.63) is 46.2 Å². The van der Waals surface area contributed by atoms with Crippen molar-refractivity contribution in [1.82, 2.24) is 9.88 Å². The molecule has 3 rings (SSSR count). The molecule has 1 aromatic heterocycles. The van der Waals surface area contributed by atoms with Crippen molar-refractivity contribution in [2.75, 3.05) is 19.8 Å². The Hall–Kier alpha value is -2.14. The van der Waals surface area contributed by atoms with E-state index in [2.05, 4.69) is 4.98 Å². The number of hydrogen-bond donors (Lipinski definition) is 1. The van der Waals surface area contributed by atoms with Crippen LogP contribution in [0.1, 0.15) is 18.9 Å². The van der Waals surface area contributed by atoms with Crippen LogP contribution >= 0.6 is 0 Å². The highest BCUT2D eigenvalue weighted by molar-refractivity contribution is 5.79. The van der Waals surface area contributed by atoms with E-state index >= 15 is 0 Å². The normalized spacial score (nSPS) is 18.6. The van der Waals surface area contributed by atoms with E-state index in [9.17, 15) is 9.59 Å². The lowest BCUT2D eigenvalue weighted by Gasteiger charge is -2.33. The highest BCUT2D eigenvalue weighted by atomic mass is 16.5. The first-order chi connectivity index (χ1) is 10.6. The standard InChI is InChI=1S/C17H20N2O3/c1-12-11-22-9-8-19(12)16(20)7-6-14-10-13-4-2-3-5-15(13)18-17(14)21/h2-5,10,12H,6-9,11H2,1H3,(H,18,21). The van der Waals surface area contributed by atoms with E-state index < -0.39 is 0 Å². The number of rotatable bonds is 3. The van der Waals surface area contributed by atoms with Gasteiger partial charge in [-0.25, -0.2) is 0 Å². The van der Waals surface area contributed by atoms with Crippen LogP contribution in [0.4, 0.5) is 0 Å². The van der Waals surface area contributed by atoms with Crippen molar-refractivity contribution in [2.24, 2.45) is 0 Å². The summed E-state index contributed by atoms with van der Waals surface area (Å²) < 4.78 is 5.34. The molecule has 1 aliphatic rings. The number of fused-ring (bicyclic) bond motifs is 1. The third-order valence-electron chi connectivity index (χ3n) is 4.13. The summed E-state index contributed by atoms with van der Waals surface area (Å²) in [6, 6.07) is 9.65. The number of hydrogen-bond acceptors (Lipinski definition) is 3. The summed E-state index contributed by atoms with van der Waals surface area (Å²) in [4.78, 5) is 29.1. The number of nitrogens with zero attached hydrogens (tertiary/aromatic N) is 1. The van der Waals surface area contributed by atoms with Crippen LogP contribution in [0.3, 0.4) is 0 Å². The molecule has 2 aromatic rings. The first-order valence-electron chi connectivity index (χ1n) is 7.63. The van der Waals surface area contributed by atoms with Gasteiger partial charge in [0.25, 0.3) is 5.56 Å². The Labute approximate surface area is 128 Å². The van der Waals surface area contributed by atoms with Crippen LogP contribution < -0.4 is 5.56 Å². The molecule has 1 aromatic carbocycles. The topological polar surface area (TPSA) is 62.4 Å². The molecule has 22 heavy (non-hydrogen) atoms. The van der Waals surface area contributed by atoms with E-state index in [4.69, 9.17) is 4.74 Å². The number of amides is 1. The van der Waals surface area contributed by atoms with Crippen molar-refractivity contribution in [3.8, 4) is 0 Å². The number of morpholine rings is 1. The highest BCUT2D eigenvalue weighted by Crippen LogP contribution is 2.13. The van der Waals surface area contributed by atoms with Crippen molar-refractivity contribution in [1.29, 1.82) is 0 Å². The largest absolute Gasteiger partial charge is 0.377 e. The molecule has 1 unspecified atom stereocenters. The number of nitrogens with one attached hydrogen (secondary N) is 1. The van der Waals surface area contributed by atoms with Crippen molar-refractivity contribution in [3.63, 3.8) is 0 Å². The molecular formula is C17H20N2O3. The van der Waals surface area contributed by atoms with Gasteiger partial charge in [-0.2, -0.15) is 0 Å². The zero-order chi connectivity index (χ0) is 15.5. The number of pyridine rings is 1. The Morgan fingerprint density at radius 2 is 2.23 bits per heavy atom. The molecule has 1 fully saturated rings. The Kier molecular flexibility index (Phi) is 4.24. The summed E-state index contributed by atoms with van der Waals surface area (Å²) in [5.41, 5.74) is 1.37. The minimum atomic E-state index is -0.110. The van der Waals surface area contributed by atoms with Gasteiger partial charge in [0, 0.05) is 24.0 Å². The van der Waals surface area contributed by atoms with Gasteiger partial charge in [-0.1, -0.05) is 18.2 Å². The summed E-state index contributed by atoms with van der Waals surface area (Å²) >= 11 is 0. The van der Waals surface area contributed by atoms with Crippen LogP contribution in [0, 0.1) is 0 Å². The number of aromatic nitrogens is 1. The van der Waals surface area contributed by atoms with Crippen LogP contribution in [0.2, 0.25) is 0 Å². The maximum Gasteiger partial charge on any atom is 0.251 e. The number of H-pyrrole nitrogens is 1. The van der Waals surface area contributed by atoms with Gasteiger partial charge in [-0.3, -0.25) is 9.59 Å². The summed E-state index contributed by atoms with van der Waals surface area (Å²) in [5, 5.41) is 0.990. The van der Waals surface area contributed by atoms with Gasteiger partial charge in [-0.15, -0.1) is 0 Å². The lowest BCUT2D eigenvalue weighted by molar-refractivity contribution is -0.139. The molecule has 1 N–H and O–H groups in total. The Bertz CT molecular complexity index is 738. The number of benzene rings is 1. The number of aryl methyl sites for hydroxylation is 1. The molecule has 1 aliphatic heterocycles. The van der Waals surface area contributed by atoms with Gasteiger partial charge in [0.1, 0.15) is 0 Å². The van der Waals surface area contributed by atoms with E-state index in [0.29, 0.717) is 38.2 Å². The maximum atomic E-state index is 12.3. The molecule has 5 nitrogen and oxygen atoms in total. The number of para-hydroxylation sites is 1. The van der Waals surface area contributed by atoms with Gasteiger partial charge >= 0.3 is 0 Å². The zero-order valence-corrected chi connectivity index (χ0v) is 12.7. The first kappa shape index (κ1) is 14.8. The summed E-state index contributed by atoms with van der Waals surface area (Å²) in [6.07, 6.45) is 0.814. The average Bonchev–Trinajstić information content (AvgIpc) is 2.53. The third-order valence-corrected chi connectivity index (χ3v) is 4.13. The Morgan fingerprint density at radius 3 is 3.05 bits per heavy atom. The molecule has 2 heterocycles. The predicted octanol–water partition coefficient (Wildman–Crippen LogP) is 1.71. The predicted molar refractivity (Wildman–Crippen MR) is 84.9 cm³/mol. The van der Waals surface area contributed by atoms with Gasteiger partial charge in [0.15, 0.2) is 0 Å². The fourth-order valence-electron chi connectivity index (χ4n) is 2.86. The molecule has 116 valence electrons. The van der Waals surface area contributed by atoms with Gasteiger partial charge < -0.3 is 14.6 Å². The molecular weight excluding hydrogens is 280 g/mol. The molecule has 5 heteroatoms. The fraction of sp³-hybridized carbons (Fsp3) is 0.412. The Balaban J connectivity index is 1.72. The number of carbonyl (C=O) groups is 1. The highest BCUT2D eigenvalue weighted by Gasteiger charge is 2.23. The fourth-order valence-corrected chi connectivity index (χ4v) is 2.86. The van der Waals surface area contributed by atoms with Crippen molar-refractivity contribution in [2.45, 2.75) is 25.8 Å². The quantitative estimate of drug-likeness (QED) is 0.938. The van der Waals surface area contributed by atoms with Crippen LogP contribution in [-0.4, -0.2) is 41.6 Å². The molecule has 0 bridgehead atoms. The second-order valence-electron chi connectivity index (χ2n) is 5.72. The lowest BCUT2D eigenvalue weighted by atomic mass is 10.1. The third kappa shape index (κ3) is 3.04. The first-order valence-corrected chi connectivity index (χ1v) is 7.63. The minimum absolute atomic E-state index is 0.0864. The number of ether oxygens (including phenoxy) is 1. The molecule has 1 amide bonds. The van der Waals surface area contributed by atoms with E-state index in [1.807, 2.05) is 42.2 Å². The monoisotopic (exact) mass is 300 g/mol. The lowest BCUT2D eigenvalue weighted by Crippen LogP contribution is -2.47. The van der Waals surface area contributed by atoms with Crippen LogP contribution in [0.25, 0.3) is 10.9 Å². The molecule has 0 radical (unpaired) electrons. The van der Waals surface area contributed by atoms with E-state index in [1.165, 1.54) is 0 Å². The smallest absolute Gasteiger partial charge is 0.251 e. The second-order valence-corrected chi connectivity index (χ2v) is 5.72. The summed E-state index contributed by atoms with van der Waals surface area (Å²) in [5.74, 6) is 0.0864. The van der Waals surface area contributed by atoms with Crippen LogP contribution in [-0.2, 0) is 16.0 Å². The van der Waals surface area contributed by atoms with E-state index in [1.54, 1.807) is 0 Å². The molecule has 0 spiro atoms. The molecule has 0 saturated carbocycles. The van der Waals surface area contributed by atoms with Gasteiger partial charge in [-0.05, 0) is 30.9 Å². The zero-order valence-electron chi connectivity index (χ0n) is 12.7. The SMILES string of the molecule is CC1COCCN1C(=O)CCc1cc2ccccc2[nH]c1=O. The van der Waals surface area contributed by atoms with Crippen LogP contribution in [0.5, 0.6) is 0 Å². The van der Waals surface area contributed by atoms with Crippen molar-refractivity contribution < 1.29 is 9.53 Å². The maximum absolute atomic E-state index is 12.3. The van der Waals surface area contributed by atoms with Gasteiger partial charge in [0.2, 0.25) is 5.91 Å². The summed E-state index contributed by atoms with van der Waals surface area (Å²) in [6.45, 7) is 3.79. The number of carbonyl (C=O) groups excluding carboxylic acids is 1. The van der Waals surface area contributed by atoms with Crippen molar-refractivity contribution >= 4 is 16.8 Å².